The molecule has 3 fully saturated rings. The Bertz CT molecular complexity index is 699. The van der Waals surface area contributed by atoms with Crippen molar-refractivity contribution in [3.8, 4) is 0 Å². The third-order valence-electron chi connectivity index (χ3n) is 10.3. The van der Waals surface area contributed by atoms with Gasteiger partial charge in [0.15, 0.2) is 5.79 Å². The minimum atomic E-state index is -2.01. The van der Waals surface area contributed by atoms with Gasteiger partial charge in [0.1, 0.15) is 6.10 Å². The van der Waals surface area contributed by atoms with Crippen LogP contribution in [0, 0.1) is 46.3 Å². The molecule has 0 aromatic carbocycles. The van der Waals surface area contributed by atoms with E-state index in [1.54, 1.807) is 0 Å². The standard InChI is InChI=1S/C27H46O4/c1-16(2)7-6-8-17(3)23-26(5)14-12-21-20(22(26)24(29)27(23,30)31)10-9-18-15-19(28)11-13-25(18,21)4/h9,16-17,19-24,28-31H,6-8,10-15H2,1-5H3/t17-,19+,20-,21+,22-,23-,24?,25+,26+/m1/s1. The van der Waals surface area contributed by atoms with Gasteiger partial charge in [0.25, 0.3) is 0 Å². The van der Waals surface area contributed by atoms with Gasteiger partial charge in [-0.2, -0.15) is 0 Å². The Balaban J connectivity index is 1.63. The van der Waals surface area contributed by atoms with Crippen molar-refractivity contribution in [2.24, 2.45) is 46.3 Å². The zero-order chi connectivity index (χ0) is 22.8. The van der Waals surface area contributed by atoms with E-state index in [4.69, 9.17) is 0 Å². The van der Waals surface area contributed by atoms with Crippen LogP contribution in [0.1, 0.15) is 92.4 Å². The predicted octanol–water partition coefficient (Wildman–Crippen LogP) is 4.65. The molecule has 4 aliphatic rings. The Morgan fingerprint density at radius 2 is 1.74 bits per heavy atom. The lowest BCUT2D eigenvalue weighted by Gasteiger charge is -2.58. The quantitative estimate of drug-likeness (QED) is 0.375. The fraction of sp³-hybridized carbons (Fsp3) is 0.926. The molecule has 0 aromatic rings. The van der Waals surface area contributed by atoms with E-state index in [1.807, 2.05) is 0 Å². The summed E-state index contributed by atoms with van der Waals surface area (Å²) in [6.45, 7) is 11.2. The Kier molecular flexibility index (Phi) is 6.21. The number of aliphatic hydroxyl groups excluding tert-OH is 2. The van der Waals surface area contributed by atoms with Crippen molar-refractivity contribution >= 4 is 0 Å². The molecule has 0 aromatic heterocycles. The van der Waals surface area contributed by atoms with Gasteiger partial charge in [-0.1, -0.05) is 65.5 Å². The normalized spacial score (nSPS) is 47.4. The molecule has 4 rings (SSSR count). The number of rotatable bonds is 5. The van der Waals surface area contributed by atoms with Gasteiger partial charge in [-0.25, -0.2) is 0 Å². The number of allylic oxidation sites excluding steroid dienone is 1. The highest BCUT2D eigenvalue weighted by Gasteiger charge is 2.70. The van der Waals surface area contributed by atoms with Crippen molar-refractivity contribution in [3.63, 3.8) is 0 Å². The van der Waals surface area contributed by atoms with Crippen molar-refractivity contribution in [2.45, 2.75) is 110 Å². The Morgan fingerprint density at radius 1 is 1.03 bits per heavy atom. The largest absolute Gasteiger partial charge is 0.393 e. The highest BCUT2D eigenvalue weighted by molar-refractivity contribution is 5.27. The van der Waals surface area contributed by atoms with E-state index in [2.05, 4.69) is 40.7 Å². The van der Waals surface area contributed by atoms with Crippen LogP contribution in [0.15, 0.2) is 11.6 Å². The lowest BCUT2D eigenvalue weighted by Crippen LogP contribution is -2.52. The predicted molar refractivity (Wildman–Crippen MR) is 123 cm³/mol. The molecular weight excluding hydrogens is 388 g/mol. The van der Waals surface area contributed by atoms with E-state index >= 15 is 0 Å². The second kappa shape index (κ2) is 8.11. The van der Waals surface area contributed by atoms with Crippen LogP contribution in [-0.4, -0.2) is 38.4 Å². The maximum Gasteiger partial charge on any atom is 0.193 e. The van der Waals surface area contributed by atoms with Crippen molar-refractivity contribution in [3.05, 3.63) is 11.6 Å². The lowest BCUT2D eigenvalue weighted by atomic mass is 9.46. The second-order valence-corrected chi connectivity index (χ2v) is 12.6. The van der Waals surface area contributed by atoms with Crippen LogP contribution < -0.4 is 0 Å². The molecule has 1 unspecified atom stereocenters. The van der Waals surface area contributed by atoms with E-state index in [0.29, 0.717) is 11.8 Å². The molecule has 0 radical (unpaired) electrons. The molecule has 0 aliphatic heterocycles. The van der Waals surface area contributed by atoms with Crippen molar-refractivity contribution < 1.29 is 20.4 Å². The van der Waals surface area contributed by atoms with Gasteiger partial charge in [0, 0.05) is 5.92 Å². The SMILES string of the molecule is CC(C)CCC[C@@H](C)[C@H]1C(O)(O)C(O)[C@H]2[C@@H]3CC=C4C[C@@H](O)CC[C@]4(C)[C@H]3CC[C@@]21C. The minimum absolute atomic E-state index is 0.0811. The zero-order valence-electron chi connectivity index (χ0n) is 20.3. The van der Waals surface area contributed by atoms with Gasteiger partial charge < -0.3 is 20.4 Å². The Labute approximate surface area is 189 Å². The van der Waals surface area contributed by atoms with Gasteiger partial charge in [0.05, 0.1) is 6.10 Å². The van der Waals surface area contributed by atoms with Crippen LogP contribution >= 0.6 is 0 Å². The van der Waals surface area contributed by atoms with Gasteiger partial charge >= 0.3 is 0 Å². The van der Waals surface area contributed by atoms with Crippen LogP contribution in [0.3, 0.4) is 0 Å². The number of fused-ring (bicyclic) bond motifs is 5. The molecule has 31 heavy (non-hydrogen) atoms. The van der Waals surface area contributed by atoms with E-state index in [1.165, 1.54) is 5.57 Å². The Hall–Kier alpha value is -0.420. The van der Waals surface area contributed by atoms with Gasteiger partial charge in [-0.15, -0.1) is 0 Å². The number of hydrogen-bond acceptors (Lipinski definition) is 4. The molecule has 4 heteroatoms. The van der Waals surface area contributed by atoms with E-state index in [9.17, 15) is 20.4 Å². The fourth-order valence-corrected chi connectivity index (χ4v) is 8.90. The molecule has 4 nitrogen and oxygen atoms in total. The van der Waals surface area contributed by atoms with E-state index in [0.717, 1.165) is 57.8 Å². The van der Waals surface area contributed by atoms with Crippen molar-refractivity contribution in [1.82, 2.24) is 0 Å². The van der Waals surface area contributed by atoms with Crippen LogP contribution in [0.5, 0.6) is 0 Å². The summed E-state index contributed by atoms with van der Waals surface area (Å²) >= 11 is 0. The molecule has 0 amide bonds. The number of hydrogen-bond donors (Lipinski definition) is 4. The average Bonchev–Trinajstić information content (AvgIpc) is 2.83. The average molecular weight is 435 g/mol. The van der Waals surface area contributed by atoms with Gasteiger partial charge in [-0.05, 0) is 78.9 Å². The molecule has 0 bridgehead atoms. The third-order valence-corrected chi connectivity index (χ3v) is 10.3. The molecule has 4 N–H and O–H groups in total. The highest BCUT2D eigenvalue weighted by Crippen LogP contribution is 2.68. The second-order valence-electron chi connectivity index (χ2n) is 12.6. The maximum absolute atomic E-state index is 11.4. The zero-order valence-corrected chi connectivity index (χ0v) is 20.3. The first-order chi connectivity index (χ1) is 14.4. The van der Waals surface area contributed by atoms with Crippen LogP contribution in [0.4, 0.5) is 0 Å². The molecule has 0 spiro atoms. The summed E-state index contributed by atoms with van der Waals surface area (Å²) in [5.41, 5.74) is 1.23. The van der Waals surface area contributed by atoms with Crippen LogP contribution in [-0.2, 0) is 0 Å². The molecule has 0 heterocycles. The fourth-order valence-electron chi connectivity index (χ4n) is 8.90. The molecule has 0 saturated heterocycles. The van der Waals surface area contributed by atoms with E-state index in [-0.39, 0.29) is 40.6 Å². The summed E-state index contributed by atoms with van der Waals surface area (Å²) in [7, 11) is 0. The monoisotopic (exact) mass is 434 g/mol. The molecule has 9 atom stereocenters. The van der Waals surface area contributed by atoms with E-state index < -0.39 is 11.9 Å². The first kappa shape index (κ1) is 23.7. The lowest BCUT2D eigenvalue weighted by molar-refractivity contribution is -0.252. The molecule has 4 aliphatic carbocycles. The summed E-state index contributed by atoms with van der Waals surface area (Å²) in [5, 5.41) is 44.1. The van der Waals surface area contributed by atoms with Crippen molar-refractivity contribution in [2.75, 3.05) is 0 Å². The molecular formula is C27H46O4. The van der Waals surface area contributed by atoms with Crippen molar-refractivity contribution in [1.29, 1.82) is 0 Å². The summed E-state index contributed by atoms with van der Waals surface area (Å²) in [5.74, 6) is -0.821. The Morgan fingerprint density at radius 3 is 2.42 bits per heavy atom. The van der Waals surface area contributed by atoms with Gasteiger partial charge in [-0.3, -0.25) is 0 Å². The van der Waals surface area contributed by atoms with Crippen LogP contribution in [0.25, 0.3) is 0 Å². The smallest absolute Gasteiger partial charge is 0.193 e. The first-order valence-corrected chi connectivity index (χ1v) is 12.9. The topological polar surface area (TPSA) is 80.9 Å². The minimum Gasteiger partial charge on any atom is -0.393 e. The summed E-state index contributed by atoms with van der Waals surface area (Å²) < 4.78 is 0. The summed E-state index contributed by atoms with van der Waals surface area (Å²) in [4.78, 5) is 0. The summed E-state index contributed by atoms with van der Waals surface area (Å²) in [6.07, 6.45) is 9.81. The molecule has 178 valence electrons. The first-order valence-electron chi connectivity index (χ1n) is 12.9. The van der Waals surface area contributed by atoms with Crippen LogP contribution in [0.2, 0.25) is 0 Å². The molecule has 3 saturated carbocycles. The highest BCUT2D eigenvalue weighted by atomic mass is 16.5. The maximum atomic E-state index is 11.4. The number of aliphatic hydroxyl groups is 4. The third kappa shape index (κ3) is 3.64. The summed E-state index contributed by atoms with van der Waals surface area (Å²) in [6, 6.07) is 0. The van der Waals surface area contributed by atoms with Gasteiger partial charge in [0.2, 0.25) is 0 Å².